The third-order valence-electron chi connectivity index (χ3n) is 3.69. The molecule has 2 aromatic carbocycles. The molecule has 1 N–H and O–H groups in total. The van der Waals surface area contributed by atoms with Gasteiger partial charge in [0.05, 0.1) is 5.56 Å². The number of rotatable bonds is 2. The van der Waals surface area contributed by atoms with E-state index < -0.39 is 17.8 Å². The summed E-state index contributed by atoms with van der Waals surface area (Å²) in [5.41, 5.74) is 0.606. The molecule has 2 aromatic rings. The van der Waals surface area contributed by atoms with Crippen molar-refractivity contribution in [2.75, 3.05) is 5.32 Å². The summed E-state index contributed by atoms with van der Waals surface area (Å²) in [4.78, 5) is 12.2. The molecule has 1 aliphatic rings. The number of nitrogens with one attached hydrogen (secondary N) is 1. The summed E-state index contributed by atoms with van der Waals surface area (Å²) in [5.74, 6) is 0.311. The maximum atomic E-state index is 12.5. The highest BCUT2D eigenvalue weighted by Crippen LogP contribution is 2.30. The van der Waals surface area contributed by atoms with Gasteiger partial charge in [-0.15, -0.1) is 0 Å². The van der Waals surface area contributed by atoms with Crippen molar-refractivity contribution in [2.45, 2.75) is 25.1 Å². The number of anilines is 1. The van der Waals surface area contributed by atoms with Crippen molar-refractivity contribution in [1.82, 2.24) is 0 Å². The van der Waals surface area contributed by atoms with Gasteiger partial charge in [-0.25, -0.2) is 0 Å². The highest BCUT2D eigenvalue weighted by atomic mass is 19.4. The van der Waals surface area contributed by atoms with Gasteiger partial charge in [0.2, 0.25) is 0 Å². The van der Waals surface area contributed by atoms with Gasteiger partial charge in [-0.05, 0) is 48.7 Å². The Balaban J connectivity index is 1.66. The Labute approximate surface area is 131 Å². The van der Waals surface area contributed by atoms with E-state index in [1.165, 1.54) is 12.1 Å². The molecule has 0 aliphatic carbocycles. The summed E-state index contributed by atoms with van der Waals surface area (Å²) in [6.07, 6.45) is -3.78. The molecule has 120 valence electrons. The first kappa shape index (κ1) is 15.4. The second-order valence-electron chi connectivity index (χ2n) is 5.32. The molecule has 0 aromatic heterocycles. The summed E-state index contributed by atoms with van der Waals surface area (Å²) in [7, 11) is 0. The maximum Gasteiger partial charge on any atom is 0.416 e. The van der Waals surface area contributed by atoms with Crippen molar-refractivity contribution >= 4 is 11.6 Å². The summed E-state index contributed by atoms with van der Waals surface area (Å²) in [6, 6.07) is 11.8. The van der Waals surface area contributed by atoms with Crippen LogP contribution in [0.3, 0.4) is 0 Å². The number of hydrogen-bond acceptors (Lipinski definition) is 2. The molecule has 23 heavy (non-hydrogen) atoms. The van der Waals surface area contributed by atoms with Crippen LogP contribution in [0.1, 0.15) is 17.5 Å². The molecule has 0 radical (unpaired) electrons. The van der Waals surface area contributed by atoms with Gasteiger partial charge in [0.1, 0.15) is 5.75 Å². The summed E-state index contributed by atoms with van der Waals surface area (Å²) in [5, 5.41) is 2.59. The normalized spacial score (nSPS) is 17.1. The molecule has 0 saturated heterocycles. The van der Waals surface area contributed by atoms with E-state index in [1.54, 1.807) is 6.07 Å². The van der Waals surface area contributed by atoms with Crippen LogP contribution in [0.5, 0.6) is 5.75 Å². The number of amides is 1. The number of alkyl halides is 3. The van der Waals surface area contributed by atoms with Gasteiger partial charge >= 0.3 is 6.18 Å². The second-order valence-corrected chi connectivity index (χ2v) is 5.32. The van der Waals surface area contributed by atoms with Gasteiger partial charge in [0.25, 0.3) is 5.91 Å². The standard InChI is InChI=1S/C17H14F3NO2/c18-17(19,20)12-6-8-13(9-7-12)21-16(22)15-10-5-11-3-1-2-4-14(11)23-15/h1-4,6-9,15H,5,10H2,(H,21,22)/t15-/m1/s1. The van der Waals surface area contributed by atoms with Crippen molar-refractivity contribution in [3.05, 3.63) is 59.7 Å². The fraction of sp³-hybridized carbons (Fsp3) is 0.235. The largest absolute Gasteiger partial charge is 0.480 e. The van der Waals surface area contributed by atoms with E-state index in [-0.39, 0.29) is 5.91 Å². The van der Waals surface area contributed by atoms with Crippen LogP contribution in [0.4, 0.5) is 18.9 Å². The maximum absolute atomic E-state index is 12.5. The number of halogens is 3. The van der Waals surface area contributed by atoms with Gasteiger partial charge in [-0.3, -0.25) is 4.79 Å². The average Bonchev–Trinajstić information content (AvgIpc) is 2.54. The van der Waals surface area contributed by atoms with E-state index in [0.29, 0.717) is 17.9 Å². The van der Waals surface area contributed by atoms with E-state index in [0.717, 1.165) is 24.1 Å². The predicted molar refractivity (Wildman–Crippen MR) is 79.3 cm³/mol. The van der Waals surface area contributed by atoms with Crippen molar-refractivity contribution in [3.63, 3.8) is 0 Å². The smallest absolute Gasteiger partial charge is 0.416 e. The molecule has 0 bridgehead atoms. The third-order valence-corrected chi connectivity index (χ3v) is 3.69. The van der Waals surface area contributed by atoms with Crippen LogP contribution < -0.4 is 10.1 Å². The minimum absolute atomic E-state index is 0.311. The molecule has 0 saturated carbocycles. The molecule has 3 nitrogen and oxygen atoms in total. The molecular weight excluding hydrogens is 307 g/mol. The lowest BCUT2D eigenvalue weighted by Crippen LogP contribution is -2.35. The molecular formula is C17H14F3NO2. The number of para-hydroxylation sites is 1. The Morgan fingerprint density at radius 1 is 1.09 bits per heavy atom. The monoisotopic (exact) mass is 321 g/mol. The SMILES string of the molecule is O=C(Nc1ccc(C(F)(F)F)cc1)[C@H]1CCc2ccccc2O1. The lowest BCUT2D eigenvalue weighted by atomic mass is 10.0. The van der Waals surface area contributed by atoms with E-state index in [1.807, 2.05) is 18.2 Å². The Morgan fingerprint density at radius 2 is 1.78 bits per heavy atom. The molecule has 1 heterocycles. The van der Waals surface area contributed by atoms with Crippen LogP contribution in [-0.4, -0.2) is 12.0 Å². The molecule has 1 amide bonds. The van der Waals surface area contributed by atoms with Crippen LogP contribution in [-0.2, 0) is 17.4 Å². The molecule has 6 heteroatoms. The molecule has 0 spiro atoms. The zero-order valence-corrected chi connectivity index (χ0v) is 12.1. The lowest BCUT2D eigenvalue weighted by molar-refractivity contribution is -0.137. The first-order valence-corrected chi connectivity index (χ1v) is 7.16. The van der Waals surface area contributed by atoms with Gasteiger partial charge in [0, 0.05) is 5.69 Å². The molecule has 1 aliphatic heterocycles. The van der Waals surface area contributed by atoms with E-state index in [2.05, 4.69) is 5.32 Å². The average molecular weight is 321 g/mol. The predicted octanol–water partition coefficient (Wildman–Crippen LogP) is 4.04. The van der Waals surface area contributed by atoms with E-state index in [9.17, 15) is 18.0 Å². The number of carbonyl (C=O) groups is 1. The van der Waals surface area contributed by atoms with Crippen LogP contribution in [0, 0.1) is 0 Å². The number of hydrogen-bond donors (Lipinski definition) is 1. The quantitative estimate of drug-likeness (QED) is 0.906. The van der Waals surface area contributed by atoms with E-state index in [4.69, 9.17) is 4.74 Å². The Hall–Kier alpha value is -2.50. The lowest BCUT2D eigenvalue weighted by Gasteiger charge is -2.25. The fourth-order valence-electron chi connectivity index (χ4n) is 2.47. The molecule has 1 atom stereocenters. The van der Waals surface area contributed by atoms with Crippen molar-refractivity contribution in [2.24, 2.45) is 0 Å². The van der Waals surface area contributed by atoms with Crippen LogP contribution in [0.2, 0.25) is 0 Å². The molecule has 3 rings (SSSR count). The Kier molecular flexibility index (Phi) is 3.98. The summed E-state index contributed by atoms with van der Waals surface area (Å²) in [6.45, 7) is 0. The molecule has 0 unspecified atom stereocenters. The summed E-state index contributed by atoms with van der Waals surface area (Å²) < 4.78 is 43.2. The first-order chi connectivity index (χ1) is 10.9. The van der Waals surface area contributed by atoms with Gasteiger partial charge in [0.15, 0.2) is 6.10 Å². The zero-order valence-electron chi connectivity index (χ0n) is 12.1. The zero-order chi connectivity index (χ0) is 16.4. The van der Waals surface area contributed by atoms with E-state index >= 15 is 0 Å². The van der Waals surface area contributed by atoms with Crippen molar-refractivity contribution in [1.29, 1.82) is 0 Å². The van der Waals surface area contributed by atoms with Crippen LogP contribution in [0.25, 0.3) is 0 Å². The Morgan fingerprint density at radius 3 is 2.48 bits per heavy atom. The number of carbonyl (C=O) groups excluding carboxylic acids is 1. The Bertz CT molecular complexity index is 711. The minimum atomic E-state index is -4.39. The second kappa shape index (κ2) is 5.95. The van der Waals surface area contributed by atoms with Gasteiger partial charge < -0.3 is 10.1 Å². The van der Waals surface area contributed by atoms with Gasteiger partial charge in [-0.1, -0.05) is 18.2 Å². The topological polar surface area (TPSA) is 38.3 Å². The minimum Gasteiger partial charge on any atom is -0.480 e. The molecule has 0 fully saturated rings. The highest BCUT2D eigenvalue weighted by molar-refractivity contribution is 5.94. The van der Waals surface area contributed by atoms with Crippen LogP contribution >= 0.6 is 0 Å². The number of fused-ring (bicyclic) bond motifs is 1. The van der Waals surface area contributed by atoms with Crippen LogP contribution in [0.15, 0.2) is 48.5 Å². The third kappa shape index (κ3) is 3.47. The number of aryl methyl sites for hydroxylation is 1. The van der Waals surface area contributed by atoms with Crippen molar-refractivity contribution < 1.29 is 22.7 Å². The highest BCUT2D eigenvalue weighted by Gasteiger charge is 2.30. The first-order valence-electron chi connectivity index (χ1n) is 7.16. The number of ether oxygens (including phenoxy) is 1. The summed E-state index contributed by atoms with van der Waals surface area (Å²) >= 11 is 0. The number of benzene rings is 2. The van der Waals surface area contributed by atoms with Gasteiger partial charge in [-0.2, -0.15) is 13.2 Å². The van der Waals surface area contributed by atoms with Crippen molar-refractivity contribution in [3.8, 4) is 5.75 Å². The fourth-order valence-corrected chi connectivity index (χ4v) is 2.47.